The van der Waals surface area contributed by atoms with E-state index in [0.29, 0.717) is 6.61 Å². The molecule has 0 unspecified atom stereocenters. The van der Waals surface area contributed by atoms with Crippen molar-refractivity contribution in [3.63, 3.8) is 0 Å². The Kier molecular flexibility index (Phi) is 6.15. The Morgan fingerprint density at radius 1 is 1.00 bits per heavy atom. The van der Waals surface area contributed by atoms with Gasteiger partial charge in [-0.05, 0) is 83.2 Å². The van der Waals surface area contributed by atoms with Crippen LogP contribution in [0.25, 0.3) is 21.5 Å². The highest BCUT2D eigenvalue weighted by Crippen LogP contribution is 2.38. The number of rotatable bonds is 8. The number of hydrogen-bond acceptors (Lipinski definition) is 3. The van der Waals surface area contributed by atoms with Crippen LogP contribution in [0.1, 0.15) is 24.0 Å². The summed E-state index contributed by atoms with van der Waals surface area (Å²) < 4.78 is 7.20. The Labute approximate surface area is 177 Å². The van der Waals surface area contributed by atoms with Gasteiger partial charge in [0.2, 0.25) is 0 Å². The number of nitrogens with two attached hydrogens (primary N) is 1. The van der Waals surface area contributed by atoms with Crippen LogP contribution in [0.15, 0.2) is 64.5 Å². The monoisotopic (exact) mass is 454 g/mol. The number of H-pyrrole nitrogens is 1. The maximum absolute atomic E-state index is 6.06. The molecule has 0 atom stereocenters. The second-order valence-corrected chi connectivity index (χ2v) is 9.27. The molecule has 5 heteroatoms. The Balaban J connectivity index is 1.66. The van der Waals surface area contributed by atoms with E-state index in [2.05, 4.69) is 57.3 Å². The third kappa shape index (κ3) is 4.32. The average Bonchev–Trinajstić information content (AvgIpc) is 3.31. The second-order valence-electron chi connectivity index (χ2n) is 6.81. The molecule has 0 saturated heterocycles. The first-order valence-electron chi connectivity index (χ1n) is 9.51. The maximum atomic E-state index is 6.06. The second kappa shape index (κ2) is 8.95. The molecule has 0 fully saturated rings. The van der Waals surface area contributed by atoms with Gasteiger partial charge in [-0.15, -0.1) is 11.3 Å². The van der Waals surface area contributed by atoms with Crippen LogP contribution >= 0.6 is 27.3 Å². The van der Waals surface area contributed by atoms with Crippen molar-refractivity contribution in [3.8, 4) is 16.3 Å². The van der Waals surface area contributed by atoms with E-state index in [1.807, 2.05) is 24.3 Å². The number of nitrogens with one attached hydrogen (secondary N) is 1. The molecular weight excluding hydrogens is 432 g/mol. The lowest BCUT2D eigenvalue weighted by atomic mass is 10.0. The van der Waals surface area contributed by atoms with Gasteiger partial charge < -0.3 is 15.5 Å². The van der Waals surface area contributed by atoms with Gasteiger partial charge in [0, 0.05) is 10.9 Å². The summed E-state index contributed by atoms with van der Waals surface area (Å²) in [5, 5.41) is 1.24. The summed E-state index contributed by atoms with van der Waals surface area (Å²) in [6.45, 7) is 1.30. The number of unbranched alkanes of at least 4 members (excludes halogenated alkanes) is 1. The lowest BCUT2D eigenvalue weighted by Crippen LogP contribution is -1.99. The van der Waals surface area contributed by atoms with Crippen LogP contribution in [0, 0.1) is 0 Å². The zero-order chi connectivity index (χ0) is 19.3. The van der Waals surface area contributed by atoms with Crippen molar-refractivity contribution in [1.29, 1.82) is 0 Å². The fourth-order valence-electron chi connectivity index (χ4n) is 3.42. The van der Waals surface area contributed by atoms with Crippen LogP contribution < -0.4 is 10.5 Å². The van der Waals surface area contributed by atoms with E-state index in [-0.39, 0.29) is 0 Å². The lowest BCUT2D eigenvalue weighted by Gasteiger charge is -2.07. The molecule has 144 valence electrons. The zero-order valence-corrected chi connectivity index (χ0v) is 18.0. The Bertz CT molecular complexity index is 1060. The SMILES string of the molecule is NCCCCc1c(-c2ccc(Br)s2)[nH]c2ccc(OCc3ccccc3)cc12. The fourth-order valence-corrected chi connectivity index (χ4v) is 4.84. The predicted octanol–water partition coefficient (Wildman–Crippen LogP) is 6.52. The van der Waals surface area contributed by atoms with Gasteiger partial charge in [-0.25, -0.2) is 0 Å². The number of aromatic nitrogens is 1. The minimum absolute atomic E-state index is 0.573. The molecule has 0 aliphatic rings. The molecule has 0 saturated carbocycles. The van der Waals surface area contributed by atoms with E-state index < -0.39 is 0 Å². The molecule has 0 aliphatic heterocycles. The summed E-state index contributed by atoms with van der Waals surface area (Å²) in [7, 11) is 0. The van der Waals surface area contributed by atoms with E-state index in [0.717, 1.165) is 40.9 Å². The minimum Gasteiger partial charge on any atom is -0.489 e. The van der Waals surface area contributed by atoms with Gasteiger partial charge in [0.25, 0.3) is 0 Å². The Hall–Kier alpha value is -2.08. The lowest BCUT2D eigenvalue weighted by molar-refractivity contribution is 0.306. The van der Waals surface area contributed by atoms with Gasteiger partial charge in [0.1, 0.15) is 12.4 Å². The first kappa shape index (κ1) is 19.2. The number of aryl methyl sites for hydroxylation is 1. The van der Waals surface area contributed by atoms with Gasteiger partial charge in [-0.3, -0.25) is 0 Å². The third-order valence-corrected chi connectivity index (χ3v) is 6.47. The summed E-state index contributed by atoms with van der Waals surface area (Å²) in [4.78, 5) is 4.87. The Morgan fingerprint density at radius 2 is 1.86 bits per heavy atom. The van der Waals surface area contributed by atoms with Crippen LogP contribution in [0.5, 0.6) is 5.75 Å². The fraction of sp³-hybridized carbons (Fsp3) is 0.217. The van der Waals surface area contributed by atoms with E-state index in [9.17, 15) is 0 Å². The number of aromatic amines is 1. The van der Waals surface area contributed by atoms with Crippen LogP contribution in [0.3, 0.4) is 0 Å². The highest BCUT2D eigenvalue weighted by atomic mass is 79.9. The first-order chi connectivity index (χ1) is 13.7. The predicted molar refractivity (Wildman–Crippen MR) is 122 cm³/mol. The van der Waals surface area contributed by atoms with Crippen molar-refractivity contribution >= 4 is 38.2 Å². The molecule has 0 spiro atoms. The zero-order valence-electron chi connectivity index (χ0n) is 15.6. The molecule has 4 rings (SSSR count). The number of halogens is 1. The molecule has 3 nitrogen and oxygen atoms in total. The Morgan fingerprint density at radius 3 is 2.61 bits per heavy atom. The minimum atomic E-state index is 0.573. The third-order valence-electron chi connectivity index (χ3n) is 4.83. The molecule has 28 heavy (non-hydrogen) atoms. The van der Waals surface area contributed by atoms with E-state index >= 15 is 0 Å². The molecule has 2 aromatic heterocycles. The number of fused-ring (bicyclic) bond motifs is 1. The van der Waals surface area contributed by atoms with Crippen LogP contribution in [0.4, 0.5) is 0 Å². The maximum Gasteiger partial charge on any atom is 0.120 e. The summed E-state index contributed by atoms with van der Waals surface area (Å²) in [5.41, 5.74) is 10.6. The number of benzene rings is 2. The van der Waals surface area contributed by atoms with Crippen molar-refractivity contribution in [2.45, 2.75) is 25.9 Å². The number of hydrogen-bond donors (Lipinski definition) is 2. The molecule has 3 N–H and O–H groups in total. The summed E-state index contributed by atoms with van der Waals surface area (Å²) in [6, 6.07) is 20.9. The standard InChI is InChI=1S/C23H23BrN2OS/c24-22-12-11-21(28-22)23-18(8-4-5-13-25)19-14-17(9-10-20(19)26-23)27-15-16-6-2-1-3-7-16/h1-3,6-7,9-12,14,26H,4-5,8,13,15,25H2. The van der Waals surface area contributed by atoms with Crippen molar-refractivity contribution < 1.29 is 4.74 Å². The van der Waals surface area contributed by atoms with Crippen LogP contribution in [-0.4, -0.2) is 11.5 Å². The average molecular weight is 455 g/mol. The molecule has 2 heterocycles. The van der Waals surface area contributed by atoms with Gasteiger partial charge in [-0.2, -0.15) is 0 Å². The highest BCUT2D eigenvalue weighted by Gasteiger charge is 2.15. The molecule has 0 amide bonds. The van der Waals surface area contributed by atoms with Gasteiger partial charge in [0.05, 0.1) is 14.4 Å². The number of ether oxygens (including phenoxy) is 1. The molecular formula is C23H23BrN2OS. The van der Waals surface area contributed by atoms with E-state index in [4.69, 9.17) is 10.5 Å². The normalized spacial score (nSPS) is 11.2. The van der Waals surface area contributed by atoms with E-state index in [1.54, 1.807) is 11.3 Å². The van der Waals surface area contributed by atoms with Crippen molar-refractivity contribution in [2.75, 3.05) is 6.54 Å². The summed E-state index contributed by atoms with van der Waals surface area (Å²) in [6.07, 6.45) is 3.12. The molecule has 0 aliphatic carbocycles. The summed E-state index contributed by atoms with van der Waals surface area (Å²) in [5.74, 6) is 0.898. The largest absolute Gasteiger partial charge is 0.489 e. The molecule has 0 radical (unpaired) electrons. The van der Waals surface area contributed by atoms with Gasteiger partial charge in [0.15, 0.2) is 0 Å². The van der Waals surface area contributed by atoms with Crippen molar-refractivity contribution in [2.24, 2.45) is 5.73 Å². The van der Waals surface area contributed by atoms with Crippen LogP contribution in [0.2, 0.25) is 0 Å². The van der Waals surface area contributed by atoms with E-state index in [1.165, 1.54) is 27.1 Å². The highest BCUT2D eigenvalue weighted by molar-refractivity contribution is 9.11. The molecule has 0 bridgehead atoms. The van der Waals surface area contributed by atoms with Crippen LogP contribution in [-0.2, 0) is 13.0 Å². The van der Waals surface area contributed by atoms with Crippen molar-refractivity contribution in [1.82, 2.24) is 4.98 Å². The smallest absolute Gasteiger partial charge is 0.120 e. The quantitative estimate of drug-likeness (QED) is 0.297. The van der Waals surface area contributed by atoms with Gasteiger partial charge >= 0.3 is 0 Å². The van der Waals surface area contributed by atoms with Crippen molar-refractivity contribution in [3.05, 3.63) is 75.6 Å². The molecule has 4 aromatic rings. The van der Waals surface area contributed by atoms with Gasteiger partial charge in [-0.1, -0.05) is 30.3 Å². The first-order valence-corrected chi connectivity index (χ1v) is 11.1. The number of thiophene rings is 1. The molecule has 2 aromatic carbocycles. The topological polar surface area (TPSA) is 51.0 Å². The summed E-state index contributed by atoms with van der Waals surface area (Å²) >= 11 is 5.33.